The van der Waals surface area contributed by atoms with Gasteiger partial charge in [-0.05, 0) is 17.7 Å². The molecule has 2 aliphatic heterocycles. The van der Waals surface area contributed by atoms with Crippen LogP contribution in [0.3, 0.4) is 0 Å². The van der Waals surface area contributed by atoms with E-state index in [9.17, 15) is 14.4 Å². The van der Waals surface area contributed by atoms with E-state index in [0.717, 1.165) is 11.1 Å². The molecule has 0 radical (unpaired) electrons. The molecule has 35 heavy (non-hydrogen) atoms. The smallest absolute Gasteiger partial charge is 0.415 e. The molecule has 8 nitrogen and oxygen atoms in total. The summed E-state index contributed by atoms with van der Waals surface area (Å²) in [7, 11) is 0. The third-order valence-corrected chi connectivity index (χ3v) is 6.19. The lowest BCUT2D eigenvalue weighted by Crippen LogP contribution is -2.43. The van der Waals surface area contributed by atoms with Crippen molar-refractivity contribution in [2.45, 2.75) is 12.1 Å². The Morgan fingerprint density at radius 2 is 1.57 bits per heavy atom. The van der Waals surface area contributed by atoms with Crippen LogP contribution in [-0.4, -0.2) is 46.1 Å². The summed E-state index contributed by atoms with van der Waals surface area (Å²) in [6.07, 6.45) is 0.100. The van der Waals surface area contributed by atoms with Gasteiger partial charge in [0.1, 0.15) is 0 Å². The highest BCUT2D eigenvalue weighted by Crippen LogP contribution is 2.48. The molecule has 176 valence electrons. The number of carbonyl (C=O) groups excluding carboxylic acids is 2. The van der Waals surface area contributed by atoms with E-state index < -0.39 is 17.8 Å². The average Bonchev–Trinajstić information content (AvgIpc) is 3.21. The molecular formula is C27H23N3O5. The monoisotopic (exact) mass is 469 g/mol. The summed E-state index contributed by atoms with van der Waals surface area (Å²) >= 11 is 0. The molecule has 3 aromatic carbocycles. The molecule has 0 aromatic heterocycles. The molecule has 2 heterocycles. The summed E-state index contributed by atoms with van der Waals surface area (Å²) < 4.78 is 6.09. The van der Waals surface area contributed by atoms with Gasteiger partial charge in [-0.1, -0.05) is 72.8 Å². The van der Waals surface area contributed by atoms with Gasteiger partial charge in [-0.25, -0.2) is 9.59 Å². The molecule has 1 saturated heterocycles. The molecule has 3 aromatic rings. The van der Waals surface area contributed by atoms with Crippen LogP contribution in [0.4, 0.5) is 9.59 Å². The van der Waals surface area contributed by atoms with E-state index in [1.165, 1.54) is 0 Å². The first-order valence-electron chi connectivity index (χ1n) is 11.2. The van der Waals surface area contributed by atoms with E-state index in [0.29, 0.717) is 23.4 Å². The summed E-state index contributed by atoms with van der Waals surface area (Å²) in [5.74, 6) is -0.247. The summed E-state index contributed by atoms with van der Waals surface area (Å²) in [6.45, 7) is 0.686. The van der Waals surface area contributed by atoms with Crippen molar-refractivity contribution in [1.29, 1.82) is 0 Å². The molecule has 0 saturated carbocycles. The maximum atomic E-state index is 13.4. The van der Waals surface area contributed by atoms with Crippen LogP contribution in [0.15, 0.2) is 96.8 Å². The first kappa shape index (κ1) is 22.2. The Bertz CT molecular complexity index is 1270. The lowest BCUT2D eigenvalue weighted by atomic mass is 9.83. The van der Waals surface area contributed by atoms with Crippen molar-refractivity contribution in [3.63, 3.8) is 0 Å². The van der Waals surface area contributed by atoms with Crippen LogP contribution in [0.25, 0.3) is 0 Å². The van der Waals surface area contributed by atoms with Crippen molar-refractivity contribution in [3.05, 3.63) is 119 Å². The SMILES string of the molecule is O=C(O)NCc1cccc(C(=O)N2C=C3N(CC2)C(=O)OC3(c2ccccc2)c2ccccc2)c1. The fourth-order valence-electron chi connectivity index (χ4n) is 4.56. The molecule has 0 unspecified atom stereocenters. The minimum absolute atomic E-state index is 0.0960. The molecule has 2 aliphatic rings. The second-order valence-electron chi connectivity index (χ2n) is 8.30. The zero-order chi connectivity index (χ0) is 24.4. The molecule has 2 N–H and O–H groups in total. The Balaban J connectivity index is 1.56. The fraction of sp³-hybridized carbons (Fsp3) is 0.148. The minimum Gasteiger partial charge on any atom is -0.465 e. The van der Waals surface area contributed by atoms with Gasteiger partial charge < -0.3 is 20.1 Å². The Hall–Kier alpha value is -4.59. The number of fused-ring (bicyclic) bond motifs is 1. The standard InChI is InChI=1S/C27H23N3O5/c31-24(20-9-7-8-19(16-20)17-28-25(32)33)29-14-15-30-23(18-29)27(35-26(30)34,21-10-3-1-4-11-21)22-12-5-2-6-13-22/h1-13,16,18,28H,14-15,17H2,(H,32,33). The maximum Gasteiger partial charge on any atom is 0.415 e. The summed E-state index contributed by atoms with van der Waals surface area (Å²) in [5.41, 5.74) is 2.05. The second-order valence-corrected chi connectivity index (χ2v) is 8.30. The van der Waals surface area contributed by atoms with Crippen LogP contribution in [0.5, 0.6) is 0 Å². The van der Waals surface area contributed by atoms with Crippen molar-refractivity contribution < 1.29 is 24.2 Å². The lowest BCUT2D eigenvalue weighted by Gasteiger charge is -2.35. The van der Waals surface area contributed by atoms with Crippen molar-refractivity contribution >= 4 is 18.1 Å². The van der Waals surface area contributed by atoms with E-state index in [-0.39, 0.29) is 19.0 Å². The summed E-state index contributed by atoms with van der Waals surface area (Å²) in [6, 6.07) is 25.8. The molecule has 5 rings (SSSR count). The number of rotatable bonds is 5. The lowest BCUT2D eigenvalue weighted by molar-refractivity contribution is 0.0797. The number of cyclic esters (lactones) is 1. The zero-order valence-corrected chi connectivity index (χ0v) is 18.8. The number of hydrogen-bond acceptors (Lipinski definition) is 4. The van der Waals surface area contributed by atoms with Gasteiger partial charge in [0.15, 0.2) is 0 Å². The third kappa shape index (κ3) is 3.99. The van der Waals surface area contributed by atoms with Crippen LogP contribution in [0.1, 0.15) is 27.0 Å². The van der Waals surface area contributed by atoms with Gasteiger partial charge in [-0.15, -0.1) is 0 Å². The Kier molecular flexibility index (Phi) is 5.70. The van der Waals surface area contributed by atoms with Gasteiger partial charge in [0, 0.05) is 42.5 Å². The minimum atomic E-state index is -1.19. The quantitative estimate of drug-likeness (QED) is 0.585. The van der Waals surface area contributed by atoms with E-state index in [2.05, 4.69) is 5.32 Å². The number of hydrogen-bond donors (Lipinski definition) is 2. The highest BCUT2D eigenvalue weighted by atomic mass is 16.6. The van der Waals surface area contributed by atoms with Crippen molar-refractivity contribution in [2.75, 3.05) is 13.1 Å². The molecule has 8 heteroatoms. The predicted molar refractivity (Wildman–Crippen MR) is 127 cm³/mol. The maximum absolute atomic E-state index is 13.4. The number of nitrogens with zero attached hydrogens (tertiary/aromatic N) is 2. The fourth-order valence-corrected chi connectivity index (χ4v) is 4.56. The number of benzene rings is 3. The van der Waals surface area contributed by atoms with Crippen LogP contribution in [0, 0.1) is 0 Å². The number of nitrogens with one attached hydrogen (secondary N) is 1. The normalized spacial score (nSPS) is 16.2. The molecule has 1 fully saturated rings. The van der Waals surface area contributed by atoms with Gasteiger partial charge >= 0.3 is 12.2 Å². The van der Waals surface area contributed by atoms with E-state index >= 15 is 0 Å². The van der Waals surface area contributed by atoms with Gasteiger partial charge in [0.25, 0.3) is 5.91 Å². The van der Waals surface area contributed by atoms with Gasteiger partial charge in [-0.2, -0.15) is 0 Å². The van der Waals surface area contributed by atoms with Crippen LogP contribution < -0.4 is 5.32 Å². The number of carbonyl (C=O) groups is 3. The Morgan fingerprint density at radius 1 is 0.914 bits per heavy atom. The largest absolute Gasteiger partial charge is 0.465 e. The Morgan fingerprint density at radius 3 is 2.20 bits per heavy atom. The number of amides is 3. The first-order chi connectivity index (χ1) is 17.0. The van der Waals surface area contributed by atoms with Crippen LogP contribution in [0.2, 0.25) is 0 Å². The topological polar surface area (TPSA) is 99.2 Å². The molecule has 0 spiro atoms. The molecule has 0 atom stereocenters. The highest BCUT2D eigenvalue weighted by Gasteiger charge is 2.54. The summed E-state index contributed by atoms with van der Waals surface area (Å²) in [5, 5.41) is 11.2. The summed E-state index contributed by atoms with van der Waals surface area (Å²) in [4.78, 5) is 40.4. The highest BCUT2D eigenvalue weighted by molar-refractivity contribution is 5.95. The van der Waals surface area contributed by atoms with E-state index in [1.54, 1.807) is 40.3 Å². The first-order valence-corrected chi connectivity index (χ1v) is 11.2. The van der Waals surface area contributed by atoms with Crippen molar-refractivity contribution in [2.24, 2.45) is 0 Å². The molecule has 0 aliphatic carbocycles. The van der Waals surface area contributed by atoms with E-state index in [1.807, 2.05) is 60.7 Å². The van der Waals surface area contributed by atoms with Crippen molar-refractivity contribution in [3.8, 4) is 0 Å². The zero-order valence-electron chi connectivity index (χ0n) is 18.8. The number of carboxylic acid groups (broad SMARTS) is 1. The molecule has 3 amide bonds. The van der Waals surface area contributed by atoms with Crippen LogP contribution in [-0.2, 0) is 16.9 Å². The van der Waals surface area contributed by atoms with Crippen LogP contribution >= 0.6 is 0 Å². The Labute approximate surface area is 202 Å². The molecule has 0 bridgehead atoms. The predicted octanol–water partition coefficient (Wildman–Crippen LogP) is 4.15. The van der Waals surface area contributed by atoms with Gasteiger partial charge in [0.2, 0.25) is 5.60 Å². The van der Waals surface area contributed by atoms with Gasteiger partial charge in [-0.3, -0.25) is 9.69 Å². The van der Waals surface area contributed by atoms with Gasteiger partial charge in [0.05, 0.1) is 5.70 Å². The third-order valence-electron chi connectivity index (χ3n) is 6.19. The van der Waals surface area contributed by atoms with Crippen molar-refractivity contribution in [1.82, 2.24) is 15.1 Å². The molecular weight excluding hydrogens is 446 g/mol. The average molecular weight is 469 g/mol. The van der Waals surface area contributed by atoms with E-state index in [4.69, 9.17) is 9.84 Å². The number of ether oxygens (including phenoxy) is 1. The second kappa shape index (κ2) is 8.98.